The summed E-state index contributed by atoms with van der Waals surface area (Å²) in [6, 6.07) is 5.24. The van der Waals surface area contributed by atoms with Gasteiger partial charge in [-0.3, -0.25) is 18.6 Å². The van der Waals surface area contributed by atoms with Gasteiger partial charge in [-0.05, 0) is 37.8 Å². The van der Waals surface area contributed by atoms with E-state index in [9.17, 15) is 9.00 Å². The highest BCUT2D eigenvalue weighted by Crippen LogP contribution is 2.39. The summed E-state index contributed by atoms with van der Waals surface area (Å²) in [7, 11) is -1.04. The van der Waals surface area contributed by atoms with E-state index in [2.05, 4.69) is 25.5 Å². The number of hydrogen-bond donors (Lipinski definition) is 1. The summed E-state index contributed by atoms with van der Waals surface area (Å²) in [6.07, 6.45) is 3.80. The Bertz CT molecular complexity index is 1130. The first-order chi connectivity index (χ1) is 14.0. The van der Waals surface area contributed by atoms with Gasteiger partial charge in [-0.1, -0.05) is 18.5 Å². The monoisotopic (exact) mass is 432 g/mol. The molecule has 3 aromatic rings. The van der Waals surface area contributed by atoms with E-state index in [0.29, 0.717) is 40.0 Å². The molecule has 1 aliphatic rings. The van der Waals surface area contributed by atoms with Crippen LogP contribution in [0.15, 0.2) is 34.1 Å². The maximum absolute atomic E-state index is 13.2. The number of aromatic nitrogens is 5. The van der Waals surface area contributed by atoms with Crippen molar-refractivity contribution in [2.24, 2.45) is 5.92 Å². The van der Waals surface area contributed by atoms with Gasteiger partial charge in [0, 0.05) is 24.1 Å². The van der Waals surface area contributed by atoms with E-state index in [4.69, 9.17) is 11.6 Å². The lowest BCUT2D eigenvalue weighted by molar-refractivity contribution is 0.485. The van der Waals surface area contributed by atoms with Gasteiger partial charge in [0.1, 0.15) is 0 Å². The second kappa shape index (κ2) is 8.16. The first kappa shape index (κ1) is 19.9. The topological polar surface area (TPSA) is 103 Å². The Kier molecular flexibility index (Phi) is 5.60. The summed E-state index contributed by atoms with van der Waals surface area (Å²) in [6.45, 7) is 4.21. The number of hydrogen-bond acceptors (Lipinski definition) is 7. The van der Waals surface area contributed by atoms with Crippen molar-refractivity contribution in [1.29, 1.82) is 0 Å². The maximum atomic E-state index is 13.2. The Morgan fingerprint density at radius 3 is 2.79 bits per heavy atom. The molecule has 3 aromatic heterocycles. The van der Waals surface area contributed by atoms with Gasteiger partial charge in [0.15, 0.2) is 11.0 Å². The molecule has 4 rings (SSSR count). The molecule has 1 fully saturated rings. The van der Waals surface area contributed by atoms with E-state index in [0.717, 1.165) is 12.8 Å². The van der Waals surface area contributed by atoms with Crippen molar-refractivity contribution in [3.8, 4) is 0 Å². The molecule has 0 aliphatic heterocycles. The summed E-state index contributed by atoms with van der Waals surface area (Å²) in [4.78, 5) is 22.5. The van der Waals surface area contributed by atoms with Crippen LogP contribution in [0.25, 0.3) is 11.2 Å². The number of nitrogens with one attached hydrogen (secondary N) is 1. The van der Waals surface area contributed by atoms with Gasteiger partial charge in [0.05, 0.1) is 33.5 Å². The van der Waals surface area contributed by atoms with E-state index in [1.807, 2.05) is 13.8 Å². The highest BCUT2D eigenvalue weighted by atomic mass is 35.5. The number of pyridine rings is 1. The molecule has 8 nitrogen and oxygen atoms in total. The Morgan fingerprint density at radius 2 is 2.14 bits per heavy atom. The van der Waals surface area contributed by atoms with Gasteiger partial charge >= 0.3 is 0 Å². The van der Waals surface area contributed by atoms with Crippen molar-refractivity contribution in [2.45, 2.75) is 44.2 Å². The lowest BCUT2D eigenvalue weighted by atomic mass is 10.2. The van der Waals surface area contributed by atoms with Crippen molar-refractivity contribution >= 4 is 39.4 Å². The number of fused-ring (bicyclic) bond motifs is 1. The smallest absolute Gasteiger partial charge is 0.294 e. The van der Waals surface area contributed by atoms with Gasteiger partial charge in [0.25, 0.3) is 5.56 Å². The summed E-state index contributed by atoms with van der Waals surface area (Å²) < 4.78 is 13.5. The van der Waals surface area contributed by atoms with E-state index in [1.54, 1.807) is 29.0 Å². The second-order valence-electron chi connectivity index (χ2n) is 7.06. The summed E-state index contributed by atoms with van der Waals surface area (Å²) in [5.74, 6) is 1.21. The molecule has 1 saturated carbocycles. The van der Waals surface area contributed by atoms with Gasteiger partial charge < -0.3 is 5.32 Å². The minimum absolute atomic E-state index is 0.0234. The van der Waals surface area contributed by atoms with E-state index >= 15 is 0 Å². The van der Waals surface area contributed by atoms with Gasteiger partial charge in [-0.25, -0.2) is 4.98 Å². The number of nitrogens with zero attached hydrogens (tertiary/aromatic N) is 5. The number of halogens is 1. The minimum atomic E-state index is -1.04. The SMILES string of the molecule is CCS(=O)c1ccc(CNc2nc3nnc(Cl)cc3n([C@@H](C)C3CC3)c2=O)nc1. The molecule has 0 amide bonds. The van der Waals surface area contributed by atoms with Gasteiger partial charge in [0.2, 0.25) is 5.65 Å². The average Bonchev–Trinajstić information content (AvgIpc) is 3.57. The van der Waals surface area contributed by atoms with Crippen molar-refractivity contribution < 1.29 is 4.21 Å². The third kappa shape index (κ3) is 4.16. The molecule has 0 aromatic carbocycles. The van der Waals surface area contributed by atoms with Crippen LogP contribution >= 0.6 is 11.6 Å². The Labute approximate surface area is 175 Å². The van der Waals surface area contributed by atoms with Crippen LogP contribution in [0.4, 0.5) is 5.82 Å². The van der Waals surface area contributed by atoms with Crippen molar-refractivity contribution in [3.63, 3.8) is 0 Å². The molecule has 1 aliphatic carbocycles. The largest absolute Gasteiger partial charge is 0.360 e. The third-order valence-electron chi connectivity index (χ3n) is 5.09. The predicted molar refractivity (Wildman–Crippen MR) is 113 cm³/mol. The molecule has 1 N–H and O–H groups in total. The number of anilines is 1. The zero-order valence-corrected chi connectivity index (χ0v) is 17.7. The van der Waals surface area contributed by atoms with Crippen LogP contribution in [0.1, 0.15) is 38.4 Å². The normalized spacial score (nSPS) is 16.0. The minimum Gasteiger partial charge on any atom is -0.360 e. The summed E-state index contributed by atoms with van der Waals surface area (Å²) in [5.41, 5.74) is 1.45. The maximum Gasteiger partial charge on any atom is 0.294 e. The molecule has 152 valence electrons. The Balaban J connectivity index is 1.65. The quantitative estimate of drug-likeness (QED) is 0.612. The van der Waals surface area contributed by atoms with Crippen LogP contribution in [-0.4, -0.2) is 34.7 Å². The molecule has 10 heteroatoms. The molecule has 0 spiro atoms. The van der Waals surface area contributed by atoms with E-state index in [1.165, 1.54) is 0 Å². The lowest BCUT2D eigenvalue weighted by Crippen LogP contribution is -2.29. The molecule has 0 saturated heterocycles. The average molecular weight is 433 g/mol. The molecule has 29 heavy (non-hydrogen) atoms. The van der Waals surface area contributed by atoms with Crippen LogP contribution in [0.2, 0.25) is 5.15 Å². The zero-order valence-electron chi connectivity index (χ0n) is 16.1. The fraction of sp³-hybridized carbons (Fsp3) is 0.421. The fourth-order valence-corrected chi connectivity index (χ4v) is 4.15. The van der Waals surface area contributed by atoms with E-state index < -0.39 is 10.8 Å². The van der Waals surface area contributed by atoms with Crippen LogP contribution in [0.5, 0.6) is 0 Å². The molecular weight excluding hydrogens is 412 g/mol. The molecule has 3 heterocycles. The molecule has 0 radical (unpaired) electrons. The highest BCUT2D eigenvalue weighted by molar-refractivity contribution is 7.85. The van der Waals surface area contributed by atoms with Crippen LogP contribution in [-0.2, 0) is 17.3 Å². The molecule has 0 bridgehead atoms. The van der Waals surface area contributed by atoms with Gasteiger partial charge in [-0.15, -0.1) is 10.2 Å². The Morgan fingerprint density at radius 1 is 1.34 bits per heavy atom. The van der Waals surface area contributed by atoms with Crippen LogP contribution < -0.4 is 10.9 Å². The standard InChI is InChI=1S/C19H21ClN6O2S/c1-3-29(28)14-7-6-13(21-10-14)9-22-18-19(27)26(11(2)12-4-5-12)15-8-16(20)24-25-17(15)23-18/h6-8,10-12H,3-5,9H2,1-2H3,(H,22,23,25)/t11-,29?/m0/s1. The van der Waals surface area contributed by atoms with Crippen molar-refractivity contribution in [1.82, 2.24) is 24.7 Å². The van der Waals surface area contributed by atoms with E-state index in [-0.39, 0.29) is 22.6 Å². The Hall–Kier alpha value is -2.39. The van der Waals surface area contributed by atoms with Crippen LogP contribution in [0.3, 0.4) is 0 Å². The molecule has 2 atom stereocenters. The number of rotatable bonds is 7. The first-order valence-electron chi connectivity index (χ1n) is 9.50. The highest BCUT2D eigenvalue weighted by Gasteiger charge is 2.31. The molecule has 1 unspecified atom stereocenters. The predicted octanol–water partition coefficient (Wildman–Crippen LogP) is 2.95. The third-order valence-corrected chi connectivity index (χ3v) is 6.57. The summed E-state index contributed by atoms with van der Waals surface area (Å²) >= 11 is 6.01. The van der Waals surface area contributed by atoms with Crippen molar-refractivity contribution in [3.05, 3.63) is 45.6 Å². The van der Waals surface area contributed by atoms with Crippen LogP contribution in [0, 0.1) is 5.92 Å². The first-order valence-corrected chi connectivity index (χ1v) is 11.2. The fourth-order valence-electron chi connectivity index (χ4n) is 3.29. The van der Waals surface area contributed by atoms with Gasteiger partial charge in [-0.2, -0.15) is 0 Å². The summed E-state index contributed by atoms with van der Waals surface area (Å²) in [5, 5.41) is 11.2. The zero-order chi connectivity index (χ0) is 20.5. The lowest BCUT2D eigenvalue weighted by Gasteiger charge is -2.18. The second-order valence-corrected chi connectivity index (χ2v) is 9.19. The van der Waals surface area contributed by atoms with Crippen molar-refractivity contribution in [2.75, 3.05) is 11.1 Å². The molecular formula is C19H21ClN6O2S.